The van der Waals surface area contributed by atoms with E-state index < -0.39 is 0 Å². The molecule has 3 rings (SSSR count). The zero-order valence-electron chi connectivity index (χ0n) is 18.8. The number of carbonyl (C=O) groups excluding carboxylic acids is 1. The molecule has 2 heterocycles. The van der Waals surface area contributed by atoms with Gasteiger partial charge >= 0.3 is 0 Å². The van der Waals surface area contributed by atoms with Gasteiger partial charge in [-0.05, 0) is 31.9 Å². The number of anilines is 1. The molecule has 0 radical (unpaired) electrons. The van der Waals surface area contributed by atoms with Gasteiger partial charge in [-0.25, -0.2) is 9.97 Å². The standard InChI is InChI=1S/C23H34N4O2S/c1-6-24-21(28)18-13-12-17(29-18)15-30-22-25-19(23(2,3)4)14-20(26-22)27(5)16-10-8-7-9-11-16/h12-14,16H,6-11,15H2,1-5H3,(H,24,28). The molecule has 1 N–H and O–H groups in total. The first-order chi connectivity index (χ1) is 14.3. The predicted molar refractivity (Wildman–Crippen MR) is 122 cm³/mol. The first-order valence-electron chi connectivity index (χ1n) is 10.9. The Balaban J connectivity index is 1.77. The number of carbonyl (C=O) groups is 1. The quantitative estimate of drug-likeness (QED) is 0.482. The fourth-order valence-corrected chi connectivity index (χ4v) is 4.41. The molecule has 1 fully saturated rings. The highest BCUT2D eigenvalue weighted by atomic mass is 32.2. The molecule has 0 unspecified atom stereocenters. The van der Waals surface area contributed by atoms with Crippen molar-refractivity contribution in [2.24, 2.45) is 0 Å². The van der Waals surface area contributed by atoms with Gasteiger partial charge in [0.2, 0.25) is 0 Å². The lowest BCUT2D eigenvalue weighted by Gasteiger charge is -2.33. The van der Waals surface area contributed by atoms with Crippen molar-refractivity contribution in [3.8, 4) is 0 Å². The van der Waals surface area contributed by atoms with Crippen LogP contribution in [0.4, 0.5) is 5.82 Å². The molecule has 7 heteroatoms. The lowest BCUT2D eigenvalue weighted by molar-refractivity contribution is 0.0927. The van der Waals surface area contributed by atoms with Crippen LogP contribution in [0.15, 0.2) is 27.8 Å². The van der Waals surface area contributed by atoms with E-state index in [1.807, 2.05) is 13.0 Å². The molecule has 2 aromatic heterocycles. The van der Waals surface area contributed by atoms with Crippen LogP contribution in [0.3, 0.4) is 0 Å². The molecule has 0 bridgehead atoms. The molecule has 1 saturated carbocycles. The third-order valence-electron chi connectivity index (χ3n) is 5.51. The molecule has 164 valence electrons. The SMILES string of the molecule is CCNC(=O)c1ccc(CSc2nc(N(C)C3CCCCC3)cc(C(C)(C)C)n2)o1. The lowest BCUT2D eigenvalue weighted by atomic mass is 9.91. The van der Waals surface area contributed by atoms with Crippen molar-refractivity contribution < 1.29 is 9.21 Å². The second-order valence-corrected chi connectivity index (χ2v) is 9.90. The number of nitrogens with zero attached hydrogens (tertiary/aromatic N) is 3. The van der Waals surface area contributed by atoms with E-state index >= 15 is 0 Å². The Kier molecular flexibility index (Phi) is 7.45. The second-order valence-electron chi connectivity index (χ2n) is 8.96. The number of rotatable bonds is 7. The fraction of sp³-hybridized carbons (Fsp3) is 0.609. The van der Waals surface area contributed by atoms with Crippen molar-refractivity contribution in [3.63, 3.8) is 0 Å². The molecule has 2 aromatic rings. The Morgan fingerprint density at radius 2 is 1.97 bits per heavy atom. The smallest absolute Gasteiger partial charge is 0.286 e. The van der Waals surface area contributed by atoms with Crippen molar-refractivity contribution in [3.05, 3.63) is 35.4 Å². The highest BCUT2D eigenvalue weighted by molar-refractivity contribution is 7.98. The average molecular weight is 431 g/mol. The van der Waals surface area contributed by atoms with Crippen LogP contribution in [0.5, 0.6) is 0 Å². The number of furan rings is 1. The highest BCUT2D eigenvalue weighted by Crippen LogP contribution is 2.31. The third-order valence-corrected chi connectivity index (χ3v) is 6.38. The molecule has 1 aliphatic carbocycles. The lowest BCUT2D eigenvalue weighted by Crippen LogP contribution is -2.34. The van der Waals surface area contributed by atoms with Gasteiger partial charge in [-0.1, -0.05) is 51.8 Å². The van der Waals surface area contributed by atoms with Crippen LogP contribution >= 0.6 is 11.8 Å². The van der Waals surface area contributed by atoms with Gasteiger partial charge in [0.1, 0.15) is 11.6 Å². The van der Waals surface area contributed by atoms with Crippen LogP contribution in [0.2, 0.25) is 0 Å². The van der Waals surface area contributed by atoms with E-state index in [9.17, 15) is 4.79 Å². The van der Waals surface area contributed by atoms with Crippen LogP contribution < -0.4 is 10.2 Å². The summed E-state index contributed by atoms with van der Waals surface area (Å²) >= 11 is 1.55. The summed E-state index contributed by atoms with van der Waals surface area (Å²) in [5.41, 5.74) is 0.983. The monoisotopic (exact) mass is 430 g/mol. The summed E-state index contributed by atoms with van der Waals surface area (Å²) in [5.74, 6) is 2.48. The molecule has 30 heavy (non-hydrogen) atoms. The van der Waals surface area contributed by atoms with E-state index in [4.69, 9.17) is 14.4 Å². The predicted octanol–water partition coefficient (Wildman–Crippen LogP) is 5.18. The summed E-state index contributed by atoms with van der Waals surface area (Å²) in [4.78, 5) is 23.9. The van der Waals surface area contributed by atoms with Gasteiger partial charge in [-0.2, -0.15) is 0 Å². The summed E-state index contributed by atoms with van der Waals surface area (Å²) in [5, 5.41) is 3.50. The Morgan fingerprint density at radius 3 is 2.63 bits per heavy atom. The Labute approximate surface area is 184 Å². The molecule has 0 atom stereocenters. The third kappa shape index (κ3) is 5.78. The highest BCUT2D eigenvalue weighted by Gasteiger charge is 2.23. The van der Waals surface area contributed by atoms with Gasteiger partial charge in [0.05, 0.1) is 11.4 Å². The Bertz CT molecular complexity index is 853. The first-order valence-corrected chi connectivity index (χ1v) is 11.9. The number of hydrogen-bond acceptors (Lipinski definition) is 6. The number of amides is 1. The molecular formula is C23H34N4O2S. The zero-order chi connectivity index (χ0) is 21.7. The Hall–Kier alpha value is -2.02. The largest absolute Gasteiger partial charge is 0.455 e. The maximum absolute atomic E-state index is 11.9. The molecule has 1 amide bonds. The van der Waals surface area contributed by atoms with Crippen molar-refractivity contribution in [2.45, 2.75) is 82.2 Å². The van der Waals surface area contributed by atoms with Crippen LogP contribution in [0.1, 0.15) is 81.8 Å². The van der Waals surface area contributed by atoms with Crippen LogP contribution in [0, 0.1) is 0 Å². The maximum Gasteiger partial charge on any atom is 0.286 e. The molecule has 0 aromatic carbocycles. The van der Waals surface area contributed by atoms with Crippen molar-refractivity contribution in [1.29, 1.82) is 0 Å². The van der Waals surface area contributed by atoms with Gasteiger partial charge in [0.15, 0.2) is 10.9 Å². The van der Waals surface area contributed by atoms with Gasteiger partial charge in [-0.3, -0.25) is 4.79 Å². The van der Waals surface area contributed by atoms with Crippen molar-refractivity contribution in [2.75, 3.05) is 18.5 Å². The van der Waals surface area contributed by atoms with E-state index in [0.717, 1.165) is 22.4 Å². The van der Waals surface area contributed by atoms with Crippen LogP contribution in [-0.4, -0.2) is 35.5 Å². The summed E-state index contributed by atoms with van der Waals surface area (Å²) in [7, 11) is 2.16. The van der Waals surface area contributed by atoms with Gasteiger partial charge < -0.3 is 14.6 Å². The number of hydrogen-bond donors (Lipinski definition) is 1. The number of nitrogens with one attached hydrogen (secondary N) is 1. The minimum absolute atomic E-state index is 0.0590. The minimum atomic E-state index is -0.184. The van der Waals surface area contributed by atoms with E-state index in [1.165, 1.54) is 32.1 Å². The molecule has 0 aliphatic heterocycles. The van der Waals surface area contributed by atoms with Crippen molar-refractivity contribution >= 4 is 23.5 Å². The summed E-state index contributed by atoms with van der Waals surface area (Å²) in [6.07, 6.45) is 6.37. The molecule has 0 saturated heterocycles. The van der Waals surface area contributed by atoms with Gasteiger partial charge in [0.25, 0.3) is 5.91 Å². The van der Waals surface area contributed by atoms with E-state index in [0.29, 0.717) is 24.1 Å². The molecule has 6 nitrogen and oxygen atoms in total. The molecular weight excluding hydrogens is 396 g/mol. The van der Waals surface area contributed by atoms with Crippen LogP contribution in [-0.2, 0) is 11.2 Å². The maximum atomic E-state index is 11.9. The Morgan fingerprint density at radius 1 is 1.23 bits per heavy atom. The minimum Gasteiger partial charge on any atom is -0.455 e. The van der Waals surface area contributed by atoms with E-state index in [2.05, 4.69) is 44.1 Å². The summed E-state index contributed by atoms with van der Waals surface area (Å²) in [6.45, 7) is 9.01. The average Bonchev–Trinajstić information content (AvgIpc) is 3.21. The van der Waals surface area contributed by atoms with Crippen LogP contribution in [0.25, 0.3) is 0 Å². The molecule has 0 spiro atoms. The first kappa shape index (κ1) is 22.7. The number of thioether (sulfide) groups is 1. The topological polar surface area (TPSA) is 71.3 Å². The fourth-order valence-electron chi connectivity index (χ4n) is 3.66. The van der Waals surface area contributed by atoms with Crippen molar-refractivity contribution in [1.82, 2.24) is 15.3 Å². The van der Waals surface area contributed by atoms with Gasteiger partial charge in [-0.15, -0.1) is 0 Å². The molecule has 1 aliphatic rings. The normalized spacial score (nSPS) is 15.2. The summed E-state index contributed by atoms with van der Waals surface area (Å²) in [6, 6.07) is 6.25. The zero-order valence-corrected chi connectivity index (χ0v) is 19.6. The van der Waals surface area contributed by atoms with Gasteiger partial charge in [0, 0.05) is 31.1 Å². The summed E-state index contributed by atoms with van der Waals surface area (Å²) < 4.78 is 5.69. The second kappa shape index (κ2) is 9.86. The van der Waals surface area contributed by atoms with E-state index in [1.54, 1.807) is 17.8 Å². The number of aromatic nitrogens is 2. The van der Waals surface area contributed by atoms with E-state index in [-0.39, 0.29) is 11.3 Å².